The molecule has 0 aliphatic carbocycles. The lowest BCUT2D eigenvalue weighted by Gasteiger charge is -1.99. The van der Waals surface area contributed by atoms with E-state index in [0.717, 1.165) is 0 Å². The molecular formula is C7H11O4P. The molecule has 0 radical (unpaired) electrons. The zero-order chi connectivity index (χ0) is 9.40. The Hall–Kier alpha value is -0.860. The number of carbonyl (C=O) groups is 1. The van der Waals surface area contributed by atoms with E-state index in [9.17, 15) is 9.36 Å². The molecule has 12 heavy (non-hydrogen) atoms. The van der Waals surface area contributed by atoms with Crippen molar-refractivity contribution in [3.05, 3.63) is 24.8 Å². The number of hydrogen-bond donors (Lipinski definition) is 0. The molecular weight excluding hydrogens is 179 g/mol. The summed E-state index contributed by atoms with van der Waals surface area (Å²) in [6, 6.07) is 0. The van der Waals surface area contributed by atoms with Crippen LogP contribution < -0.4 is 0 Å². The lowest BCUT2D eigenvalue weighted by atomic mass is 10.5. The fourth-order valence-corrected chi connectivity index (χ4v) is 0.954. The first-order valence-electron chi connectivity index (χ1n) is 3.33. The third-order valence-corrected chi connectivity index (χ3v) is 1.58. The summed E-state index contributed by atoms with van der Waals surface area (Å²) >= 11 is 0. The van der Waals surface area contributed by atoms with Gasteiger partial charge in [0.2, 0.25) is 0 Å². The van der Waals surface area contributed by atoms with Gasteiger partial charge in [-0.25, -0.2) is 9.36 Å². The average Bonchev–Trinajstić information content (AvgIpc) is 2.01. The fourth-order valence-electron chi connectivity index (χ4n) is 0.409. The van der Waals surface area contributed by atoms with E-state index in [1.54, 1.807) is 6.92 Å². The van der Waals surface area contributed by atoms with Gasteiger partial charge in [0, 0.05) is 6.08 Å². The van der Waals surface area contributed by atoms with Gasteiger partial charge in [0.25, 0.3) is 0 Å². The third kappa shape index (κ3) is 5.89. The first-order valence-corrected chi connectivity index (χ1v) is 4.55. The SMILES string of the molecule is C=CCO[PH](=O)OC(=O)C=CC. The number of rotatable bonds is 5. The zero-order valence-corrected chi connectivity index (χ0v) is 7.78. The van der Waals surface area contributed by atoms with Gasteiger partial charge in [0.1, 0.15) is 0 Å². The van der Waals surface area contributed by atoms with E-state index >= 15 is 0 Å². The summed E-state index contributed by atoms with van der Waals surface area (Å²) in [5.74, 6) is -0.662. The number of hydrogen-bond acceptors (Lipinski definition) is 4. The molecule has 0 saturated heterocycles. The van der Waals surface area contributed by atoms with Gasteiger partial charge in [0.05, 0.1) is 6.61 Å². The third-order valence-electron chi connectivity index (χ3n) is 0.806. The van der Waals surface area contributed by atoms with Gasteiger partial charge >= 0.3 is 14.2 Å². The van der Waals surface area contributed by atoms with Crippen LogP contribution in [0.5, 0.6) is 0 Å². The molecule has 0 spiro atoms. The second kappa shape index (κ2) is 6.83. The van der Waals surface area contributed by atoms with Crippen LogP contribution in [0.15, 0.2) is 24.8 Å². The maximum atomic E-state index is 10.7. The minimum atomic E-state index is -2.70. The predicted octanol–water partition coefficient (Wildman–Crippen LogP) is 1.70. The summed E-state index contributed by atoms with van der Waals surface area (Å²) in [5.41, 5.74) is 0. The van der Waals surface area contributed by atoms with Gasteiger partial charge in [-0.15, -0.1) is 6.58 Å². The average molecular weight is 190 g/mol. The van der Waals surface area contributed by atoms with E-state index in [1.165, 1.54) is 18.2 Å². The van der Waals surface area contributed by atoms with Crippen LogP contribution in [0.3, 0.4) is 0 Å². The Morgan fingerprint density at radius 1 is 1.67 bits per heavy atom. The molecule has 0 amide bonds. The van der Waals surface area contributed by atoms with Crippen molar-refractivity contribution in [3.8, 4) is 0 Å². The quantitative estimate of drug-likeness (QED) is 0.376. The molecule has 0 saturated carbocycles. The minimum absolute atomic E-state index is 0.112. The van der Waals surface area contributed by atoms with E-state index in [-0.39, 0.29) is 6.61 Å². The lowest BCUT2D eigenvalue weighted by Crippen LogP contribution is -1.94. The van der Waals surface area contributed by atoms with Crippen molar-refractivity contribution in [2.45, 2.75) is 6.92 Å². The summed E-state index contributed by atoms with van der Waals surface area (Å²) in [7, 11) is -2.70. The minimum Gasteiger partial charge on any atom is -0.390 e. The molecule has 0 fully saturated rings. The largest absolute Gasteiger partial charge is 0.390 e. The number of allylic oxidation sites excluding steroid dienone is 1. The Bertz CT molecular complexity index is 209. The van der Waals surface area contributed by atoms with Gasteiger partial charge in [-0.05, 0) is 6.92 Å². The Labute approximate surface area is 71.8 Å². The van der Waals surface area contributed by atoms with E-state index in [2.05, 4.69) is 15.6 Å². The van der Waals surface area contributed by atoms with Crippen LogP contribution in [0.4, 0.5) is 0 Å². The van der Waals surface area contributed by atoms with E-state index in [0.29, 0.717) is 0 Å². The first-order chi connectivity index (χ1) is 5.70. The zero-order valence-electron chi connectivity index (χ0n) is 6.78. The second-order valence-corrected chi connectivity index (χ2v) is 2.76. The highest BCUT2D eigenvalue weighted by atomic mass is 31.1. The fraction of sp³-hybridized carbons (Fsp3) is 0.286. The van der Waals surface area contributed by atoms with Crippen LogP contribution in [-0.4, -0.2) is 12.6 Å². The van der Waals surface area contributed by atoms with Gasteiger partial charge in [-0.2, -0.15) is 0 Å². The van der Waals surface area contributed by atoms with E-state index in [1.807, 2.05) is 0 Å². The molecule has 5 heteroatoms. The van der Waals surface area contributed by atoms with Crippen molar-refractivity contribution in [1.82, 2.24) is 0 Å². The van der Waals surface area contributed by atoms with Crippen molar-refractivity contribution < 1.29 is 18.4 Å². The van der Waals surface area contributed by atoms with Gasteiger partial charge in [0.15, 0.2) is 0 Å². The van der Waals surface area contributed by atoms with E-state index in [4.69, 9.17) is 0 Å². The molecule has 68 valence electrons. The molecule has 0 heterocycles. The van der Waals surface area contributed by atoms with Crippen LogP contribution >= 0.6 is 8.25 Å². The maximum Gasteiger partial charge on any atom is 0.370 e. The first kappa shape index (κ1) is 11.1. The van der Waals surface area contributed by atoms with Crippen molar-refractivity contribution in [1.29, 1.82) is 0 Å². The van der Waals surface area contributed by atoms with Crippen LogP contribution in [0.25, 0.3) is 0 Å². The maximum absolute atomic E-state index is 10.7. The summed E-state index contributed by atoms with van der Waals surface area (Å²) in [4.78, 5) is 10.6. The van der Waals surface area contributed by atoms with Crippen molar-refractivity contribution in [2.24, 2.45) is 0 Å². The molecule has 4 nitrogen and oxygen atoms in total. The predicted molar refractivity (Wildman–Crippen MR) is 46.1 cm³/mol. The molecule has 0 aromatic heterocycles. The summed E-state index contributed by atoms with van der Waals surface area (Å²) < 4.78 is 19.6. The smallest absolute Gasteiger partial charge is 0.370 e. The molecule has 0 N–H and O–H groups in total. The molecule has 0 rings (SSSR count). The molecule has 1 unspecified atom stereocenters. The van der Waals surface area contributed by atoms with Crippen LogP contribution in [0.2, 0.25) is 0 Å². The normalized spacial score (nSPS) is 12.8. The molecule has 0 aliphatic rings. The van der Waals surface area contributed by atoms with Crippen molar-refractivity contribution in [2.75, 3.05) is 6.61 Å². The Morgan fingerprint density at radius 2 is 2.33 bits per heavy atom. The highest BCUT2D eigenvalue weighted by Gasteiger charge is 2.02. The van der Waals surface area contributed by atoms with Crippen LogP contribution in [-0.2, 0) is 18.4 Å². The van der Waals surface area contributed by atoms with Crippen molar-refractivity contribution in [3.63, 3.8) is 0 Å². The Balaban J connectivity index is 3.68. The molecule has 1 atom stereocenters. The Kier molecular flexibility index (Phi) is 6.34. The summed E-state index contributed by atoms with van der Waals surface area (Å²) in [5, 5.41) is 0. The molecule has 0 bridgehead atoms. The van der Waals surface area contributed by atoms with Crippen molar-refractivity contribution >= 4 is 14.2 Å². The van der Waals surface area contributed by atoms with Gasteiger partial charge < -0.3 is 4.52 Å². The highest BCUT2D eigenvalue weighted by molar-refractivity contribution is 7.34. The van der Waals surface area contributed by atoms with Crippen LogP contribution in [0, 0.1) is 0 Å². The lowest BCUT2D eigenvalue weighted by molar-refractivity contribution is -0.129. The van der Waals surface area contributed by atoms with E-state index < -0.39 is 14.2 Å². The van der Waals surface area contributed by atoms with Gasteiger partial charge in [-0.1, -0.05) is 12.2 Å². The Morgan fingerprint density at radius 3 is 2.83 bits per heavy atom. The molecule has 0 aromatic carbocycles. The monoisotopic (exact) mass is 190 g/mol. The van der Waals surface area contributed by atoms with Crippen LogP contribution in [0.1, 0.15) is 6.92 Å². The summed E-state index contributed by atoms with van der Waals surface area (Å²) in [6.07, 6.45) is 4.08. The van der Waals surface area contributed by atoms with Gasteiger partial charge in [-0.3, -0.25) is 4.52 Å². The number of carbonyl (C=O) groups excluding carboxylic acids is 1. The molecule has 0 aromatic rings. The topological polar surface area (TPSA) is 52.6 Å². The second-order valence-electron chi connectivity index (χ2n) is 1.77. The molecule has 0 aliphatic heterocycles. The standard InChI is InChI=1S/C7H11O4P/c1-3-5-7(8)11-12(9)10-6-4-2/h3-5,12H,2,6H2,1H3. The summed E-state index contributed by atoms with van der Waals surface area (Å²) in [6.45, 7) is 5.11. The highest BCUT2D eigenvalue weighted by Crippen LogP contribution is 2.23.